The third kappa shape index (κ3) is 5.36. The zero-order chi connectivity index (χ0) is 21.0. The van der Waals surface area contributed by atoms with E-state index in [1.165, 1.54) is 24.2 Å². The van der Waals surface area contributed by atoms with Crippen molar-refractivity contribution in [2.45, 2.75) is 23.4 Å². The van der Waals surface area contributed by atoms with Crippen LogP contribution in [0, 0.1) is 0 Å². The van der Waals surface area contributed by atoms with Crippen molar-refractivity contribution < 1.29 is 13.2 Å². The summed E-state index contributed by atoms with van der Waals surface area (Å²) in [5.41, 5.74) is 1.72. The van der Waals surface area contributed by atoms with Gasteiger partial charge < -0.3 is 5.32 Å². The fourth-order valence-corrected chi connectivity index (χ4v) is 4.42. The molecule has 0 spiro atoms. The van der Waals surface area contributed by atoms with E-state index in [-0.39, 0.29) is 16.6 Å². The number of primary sulfonamides is 1. The highest BCUT2D eigenvalue weighted by Gasteiger charge is 2.15. The van der Waals surface area contributed by atoms with E-state index in [9.17, 15) is 13.2 Å². The van der Waals surface area contributed by atoms with Gasteiger partial charge in [-0.25, -0.2) is 13.6 Å². The Balaban J connectivity index is 1.70. The van der Waals surface area contributed by atoms with Crippen LogP contribution in [0.5, 0.6) is 0 Å². The van der Waals surface area contributed by atoms with Crippen molar-refractivity contribution in [1.29, 1.82) is 0 Å². The van der Waals surface area contributed by atoms with Crippen molar-refractivity contribution in [3.63, 3.8) is 0 Å². The fourth-order valence-electron chi connectivity index (χ4n) is 2.64. The second kappa shape index (κ2) is 8.95. The highest BCUT2D eigenvalue weighted by atomic mass is 35.5. The maximum Gasteiger partial charge on any atom is 0.238 e. The molecular formula is C18H18ClN5O3S2. The van der Waals surface area contributed by atoms with Crippen LogP contribution in [0.15, 0.2) is 58.8 Å². The molecule has 0 fully saturated rings. The molecule has 2 aromatic carbocycles. The molecule has 3 aromatic rings. The Morgan fingerprint density at radius 1 is 1.28 bits per heavy atom. The van der Waals surface area contributed by atoms with E-state index in [4.69, 9.17) is 16.7 Å². The van der Waals surface area contributed by atoms with Crippen LogP contribution in [0.4, 0.5) is 5.69 Å². The summed E-state index contributed by atoms with van der Waals surface area (Å²) in [6, 6.07) is 11.8. The minimum absolute atomic E-state index is 0.00570. The molecule has 0 aliphatic heterocycles. The van der Waals surface area contributed by atoms with E-state index in [2.05, 4.69) is 15.5 Å². The molecule has 3 N–H and O–H groups in total. The molecule has 0 aliphatic rings. The normalized spacial score (nSPS) is 11.4. The quantitative estimate of drug-likeness (QED) is 0.533. The first-order valence-corrected chi connectivity index (χ1v) is 11.4. The Labute approximate surface area is 177 Å². The number of rotatable bonds is 7. The minimum atomic E-state index is -3.88. The fraction of sp³-hybridized carbons (Fsp3) is 0.167. The number of hydrogen-bond donors (Lipinski definition) is 2. The van der Waals surface area contributed by atoms with Crippen molar-refractivity contribution in [3.05, 3.63) is 59.4 Å². The van der Waals surface area contributed by atoms with Gasteiger partial charge in [-0.1, -0.05) is 42.4 Å². The Kier molecular flexibility index (Phi) is 6.58. The molecular weight excluding hydrogens is 434 g/mol. The molecule has 3 rings (SSSR count). The summed E-state index contributed by atoms with van der Waals surface area (Å²) >= 11 is 7.21. The molecule has 1 heterocycles. The first-order chi connectivity index (χ1) is 13.8. The van der Waals surface area contributed by atoms with E-state index in [1.807, 2.05) is 19.1 Å². The second-order valence-corrected chi connectivity index (χ2v) is 8.93. The van der Waals surface area contributed by atoms with Gasteiger partial charge in [0, 0.05) is 10.7 Å². The summed E-state index contributed by atoms with van der Waals surface area (Å²) in [4.78, 5) is 12.3. The first kappa shape index (κ1) is 21.3. The molecule has 0 radical (unpaired) electrons. The number of hydrogen-bond acceptors (Lipinski definition) is 6. The number of nitrogens with one attached hydrogen (secondary N) is 1. The molecule has 0 atom stereocenters. The number of nitrogens with two attached hydrogens (primary N) is 1. The van der Waals surface area contributed by atoms with Crippen LogP contribution >= 0.6 is 23.4 Å². The monoisotopic (exact) mass is 451 g/mol. The molecule has 0 saturated heterocycles. The molecule has 0 unspecified atom stereocenters. The molecule has 11 heteroatoms. The lowest BCUT2D eigenvalue weighted by Gasteiger charge is -2.10. The number of halogens is 1. The lowest BCUT2D eigenvalue weighted by molar-refractivity contribution is -0.113. The van der Waals surface area contributed by atoms with Gasteiger partial charge >= 0.3 is 0 Å². The summed E-state index contributed by atoms with van der Waals surface area (Å²) in [5, 5.41) is 17.0. The molecule has 0 bridgehead atoms. The van der Waals surface area contributed by atoms with E-state index in [1.54, 1.807) is 28.8 Å². The molecule has 0 aliphatic carbocycles. The number of aromatic nitrogens is 3. The van der Waals surface area contributed by atoms with Gasteiger partial charge in [-0.15, -0.1) is 10.2 Å². The number of benzene rings is 2. The standard InChI is InChI=1S/C18H18ClN5O3S2/c1-2-12-6-7-14(9-16(12)29(20,26)27)22-17(25)10-28-18-23-21-11-24(18)15-5-3-4-13(19)8-15/h3-9,11H,2,10H2,1H3,(H,22,25)(H2,20,26,27). The van der Waals surface area contributed by atoms with Crippen molar-refractivity contribution in [2.24, 2.45) is 5.14 Å². The van der Waals surface area contributed by atoms with Crippen molar-refractivity contribution >= 4 is 45.0 Å². The van der Waals surface area contributed by atoms with Crippen LogP contribution in [0.3, 0.4) is 0 Å². The third-order valence-corrected chi connectivity index (χ3v) is 6.14. The van der Waals surface area contributed by atoms with Crippen LogP contribution in [-0.2, 0) is 21.2 Å². The SMILES string of the molecule is CCc1ccc(NC(=O)CSc2nncn2-c2cccc(Cl)c2)cc1S(N)(=O)=O. The average molecular weight is 452 g/mol. The molecule has 1 aromatic heterocycles. The lowest BCUT2D eigenvalue weighted by Crippen LogP contribution is -2.17. The molecule has 1 amide bonds. The van der Waals surface area contributed by atoms with Gasteiger partial charge in [-0.3, -0.25) is 9.36 Å². The van der Waals surface area contributed by atoms with Crippen LogP contribution in [-0.4, -0.2) is 34.8 Å². The highest BCUT2D eigenvalue weighted by Crippen LogP contribution is 2.23. The van der Waals surface area contributed by atoms with Gasteiger partial charge in [0.15, 0.2) is 5.16 Å². The Hall–Kier alpha value is -2.40. The smallest absolute Gasteiger partial charge is 0.238 e. The van der Waals surface area contributed by atoms with Crippen LogP contribution < -0.4 is 10.5 Å². The summed E-state index contributed by atoms with van der Waals surface area (Å²) in [7, 11) is -3.88. The summed E-state index contributed by atoms with van der Waals surface area (Å²) in [5.74, 6) is -0.264. The van der Waals surface area contributed by atoms with Gasteiger partial charge in [0.1, 0.15) is 6.33 Å². The van der Waals surface area contributed by atoms with E-state index < -0.39 is 10.0 Å². The zero-order valence-corrected chi connectivity index (χ0v) is 17.8. The molecule has 29 heavy (non-hydrogen) atoms. The predicted octanol–water partition coefficient (Wildman–Crippen LogP) is 2.86. The van der Waals surface area contributed by atoms with Crippen LogP contribution in [0.25, 0.3) is 5.69 Å². The Morgan fingerprint density at radius 2 is 2.07 bits per heavy atom. The Morgan fingerprint density at radius 3 is 2.76 bits per heavy atom. The van der Waals surface area contributed by atoms with E-state index >= 15 is 0 Å². The van der Waals surface area contributed by atoms with Crippen molar-refractivity contribution in [2.75, 3.05) is 11.1 Å². The number of carbonyl (C=O) groups is 1. The van der Waals surface area contributed by atoms with Crippen LogP contribution in [0.1, 0.15) is 12.5 Å². The number of anilines is 1. The van der Waals surface area contributed by atoms with Crippen molar-refractivity contribution in [3.8, 4) is 5.69 Å². The summed E-state index contributed by atoms with van der Waals surface area (Å²) in [6.07, 6.45) is 2.04. The van der Waals surface area contributed by atoms with Gasteiger partial charge in [0.25, 0.3) is 0 Å². The average Bonchev–Trinajstić information content (AvgIpc) is 3.14. The number of thioether (sulfide) groups is 1. The maximum atomic E-state index is 12.3. The minimum Gasteiger partial charge on any atom is -0.325 e. The number of sulfonamides is 1. The van der Waals surface area contributed by atoms with E-state index in [0.29, 0.717) is 27.9 Å². The second-order valence-electron chi connectivity index (χ2n) is 6.02. The van der Waals surface area contributed by atoms with Crippen LogP contribution in [0.2, 0.25) is 5.02 Å². The predicted molar refractivity (Wildman–Crippen MR) is 113 cm³/mol. The first-order valence-electron chi connectivity index (χ1n) is 8.52. The third-order valence-electron chi connectivity index (χ3n) is 3.97. The number of amides is 1. The summed E-state index contributed by atoms with van der Waals surface area (Å²) in [6.45, 7) is 1.83. The Bertz CT molecular complexity index is 1150. The molecule has 8 nitrogen and oxygen atoms in total. The topological polar surface area (TPSA) is 120 Å². The zero-order valence-electron chi connectivity index (χ0n) is 15.4. The number of aryl methyl sites for hydroxylation is 1. The highest BCUT2D eigenvalue weighted by molar-refractivity contribution is 7.99. The number of carbonyl (C=O) groups excluding carboxylic acids is 1. The number of nitrogens with zero attached hydrogens (tertiary/aromatic N) is 3. The van der Waals surface area contributed by atoms with Gasteiger partial charge in [-0.05, 0) is 42.3 Å². The van der Waals surface area contributed by atoms with Gasteiger partial charge in [-0.2, -0.15) is 0 Å². The van der Waals surface area contributed by atoms with E-state index in [0.717, 1.165) is 5.69 Å². The largest absolute Gasteiger partial charge is 0.325 e. The maximum absolute atomic E-state index is 12.3. The van der Waals surface area contributed by atoms with Gasteiger partial charge in [0.2, 0.25) is 15.9 Å². The van der Waals surface area contributed by atoms with Gasteiger partial charge in [0.05, 0.1) is 16.3 Å². The molecule has 152 valence electrons. The molecule has 0 saturated carbocycles. The summed E-state index contributed by atoms with van der Waals surface area (Å²) < 4.78 is 25.2. The lowest BCUT2D eigenvalue weighted by atomic mass is 10.1. The van der Waals surface area contributed by atoms with Crippen molar-refractivity contribution in [1.82, 2.24) is 14.8 Å².